The predicted octanol–water partition coefficient (Wildman–Crippen LogP) is 4.50. The summed E-state index contributed by atoms with van der Waals surface area (Å²) in [5, 5.41) is 1.23. The van der Waals surface area contributed by atoms with Crippen molar-refractivity contribution in [2.45, 2.75) is 45.2 Å². The maximum Gasteiger partial charge on any atom is 0.350 e. The molecule has 1 saturated heterocycles. The van der Waals surface area contributed by atoms with Gasteiger partial charge in [-0.25, -0.2) is 4.79 Å². The smallest absolute Gasteiger partial charge is 0.350 e. The second-order valence-electron chi connectivity index (χ2n) is 6.25. The Morgan fingerprint density at radius 3 is 2.58 bits per heavy atom. The summed E-state index contributed by atoms with van der Waals surface area (Å²) in [5.41, 5.74) is 0. The molecule has 4 nitrogen and oxygen atoms in total. The lowest BCUT2D eigenvalue weighted by atomic mass is 9.97. The van der Waals surface area contributed by atoms with Crippen LogP contribution in [0.2, 0.25) is 5.02 Å². The highest BCUT2D eigenvalue weighted by Gasteiger charge is 2.29. The minimum absolute atomic E-state index is 0.139. The van der Waals surface area contributed by atoms with Gasteiger partial charge in [-0.05, 0) is 39.2 Å². The number of nitrogens with zero attached hydrogens (tertiary/aromatic N) is 1. The first kappa shape index (κ1) is 17.2. The normalized spacial score (nSPS) is 21.0. The molecule has 2 aromatic rings. The number of halogens is 1. The Bertz CT molecular complexity index is 763. The third-order valence-electron chi connectivity index (χ3n) is 4.53. The van der Waals surface area contributed by atoms with Crippen molar-refractivity contribution in [2.24, 2.45) is 0 Å². The van der Waals surface area contributed by atoms with Crippen LogP contribution in [0.3, 0.4) is 0 Å². The molecule has 2 heterocycles. The summed E-state index contributed by atoms with van der Waals surface area (Å²) in [7, 11) is 0. The molecule has 0 radical (unpaired) electrons. The van der Waals surface area contributed by atoms with Gasteiger partial charge in [0.25, 0.3) is 5.91 Å². The third kappa shape index (κ3) is 3.28. The summed E-state index contributed by atoms with van der Waals surface area (Å²) < 4.78 is 6.18. The van der Waals surface area contributed by atoms with E-state index in [0.717, 1.165) is 29.3 Å². The molecule has 0 spiro atoms. The zero-order valence-electron chi connectivity index (χ0n) is 13.8. The number of rotatable bonds is 3. The van der Waals surface area contributed by atoms with Crippen LogP contribution in [0.5, 0.6) is 0 Å². The Morgan fingerprint density at radius 1 is 1.25 bits per heavy atom. The van der Waals surface area contributed by atoms with Crippen molar-refractivity contribution in [3.05, 3.63) is 34.2 Å². The summed E-state index contributed by atoms with van der Waals surface area (Å²) in [5.74, 6) is -0.674. The first-order chi connectivity index (χ1) is 11.5. The van der Waals surface area contributed by atoms with E-state index in [4.69, 9.17) is 16.3 Å². The summed E-state index contributed by atoms with van der Waals surface area (Å²) >= 11 is 7.57. The molecule has 1 aromatic carbocycles. The zero-order chi connectivity index (χ0) is 17.3. The highest BCUT2D eigenvalue weighted by Crippen LogP contribution is 2.35. The predicted molar refractivity (Wildman–Crippen MR) is 96.7 cm³/mol. The molecule has 0 unspecified atom stereocenters. The number of hydrogen-bond acceptors (Lipinski definition) is 4. The van der Waals surface area contributed by atoms with E-state index < -0.39 is 5.97 Å². The lowest BCUT2D eigenvalue weighted by Gasteiger charge is -2.38. The molecule has 24 heavy (non-hydrogen) atoms. The molecule has 6 heteroatoms. The number of piperidine rings is 1. The largest absolute Gasteiger partial charge is 0.451 e. The van der Waals surface area contributed by atoms with Gasteiger partial charge in [0, 0.05) is 22.2 Å². The van der Waals surface area contributed by atoms with Crippen molar-refractivity contribution >= 4 is 44.9 Å². The molecule has 1 aliphatic heterocycles. The van der Waals surface area contributed by atoms with Crippen LogP contribution in [0.15, 0.2) is 24.3 Å². The van der Waals surface area contributed by atoms with Crippen LogP contribution >= 0.6 is 22.9 Å². The average molecular weight is 366 g/mol. The van der Waals surface area contributed by atoms with Gasteiger partial charge in [-0.2, -0.15) is 0 Å². The Morgan fingerprint density at radius 2 is 1.92 bits per heavy atom. The molecular weight excluding hydrogens is 346 g/mol. The first-order valence-electron chi connectivity index (χ1n) is 8.14. The van der Waals surface area contributed by atoms with Crippen LogP contribution in [-0.2, 0) is 9.53 Å². The number of benzene rings is 1. The Hall–Kier alpha value is -1.59. The molecule has 0 aliphatic carbocycles. The fraction of sp³-hybridized carbons (Fsp3) is 0.444. The van der Waals surface area contributed by atoms with E-state index in [-0.39, 0.29) is 24.6 Å². The molecule has 2 atom stereocenters. The van der Waals surface area contributed by atoms with Gasteiger partial charge in [-0.1, -0.05) is 29.8 Å². The second-order valence-corrected chi connectivity index (χ2v) is 7.68. The third-order valence-corrected chi connectivity index (χ3v) is 6.18. The SMILES string of the molecule is C[C@@H]1CCC[C@H](C)N1C(=O)COC(=O)c1sc2ccccc2c1Cl. The quantitative estimate of drug-likeness (QED) is 0.752. The summed E-state index contributed by atoms with van der Waals surface area (Å²) in [6.45, 7) is 3.84. The van der Waals surface area contributed by atoms with E-state index in [2.05, 4.69) is 0 Å². The zero-order valence-corrected chi connectivity index (χ0v) is 15.3. The van der Waals surface area contributed by atoms with E-state index in [1.54, 1.807) is 0 Å². The van der Waals surface area contributed by atoms with Crippen LogP contribution < -0.4 is 0 Å². The maximum absolute atomic E-state index is 12.4. The Kier molecular flexibility index (Phi) is 5.11. The van der Waals surface area contributed by atoms with Crippen molar-refractivity contribution < 1.29 is 14.3 Å². The number of carbonyl (C=O) groups excluding carboxylic acids is 2. The fourth-order valence-corrected chi connectivity index (χ4v) is 4.73. The van der Waals surface area contributed by atoms with Crippen LogP contribution in [-0.4, -0.2) is 35.5 Å². The maximum atomic E-state index is 12.4. The highest BCUT2D eigenvalue weighted by molar-refractivity contribution is 7.21. The van der Waals surface area contributed by atoms with Crippen molar-refractivity contribution in [2.75, 3.05) is 6.61 Å². The standard InChI is InChI=1S/C18H20ClNO3S/c1-11-6-5-7-12(2)20(11)15(21)10-23-18(22)17-16(19)13-8-3-4-9-14(13)24-17/h3-4,8-9,11-12H,5-7,10H2,1-2H3/t11-,12+. The number of ether oxygens (including phenoxy) is 1. The van der Waals surface area contributed by atoms with Crippen LogP contribution in [0, 0.1) is 0 Å². The minimum Gasteiger partial charge on any atom is -0.451 e. The van der Waals surface area contributed by atoms with E-state index in [1.807, 2.05) is 43.0 Å². The van der Waals surface area contributed by atoms with Gasteiger partial charge in [-0.3, -0.25) is 4.79 Å². The van der Waals surface area contributed by atoms with Gasteiger partial charge in [0.2, 0.25) is 0 Å². The molecule has 0 N–H and O–H groups in total. The van der Waals surface area contributed by atoms with Gasteiger partial charge < -0.3 is 9.64 Å². The molecular formula is C18H20ClNO3S. The van der Waals surface area contributed by atoms with Crippen molar-refractivity contribution in [1.82, 2.24) is 4.90 Å². The van der Waals surface area contributed by atoms with Gasteiger partial charge in [-0.15, -0.1) is 11.3 Å². The van der Waals surface area contributed by atoms with Crippen LogP contribution in [0.25, 0.3) is 10.1 Å². The fourth-order valence-electron chi connectivity index (χ4n) is 3.33. The highest BCUT2D eigenvalue weighted by atomic mass is 35.5. The van der Waals surface area contributed by atoms with Gasteiger partial charge in [0.1, 0.15) is 4.88 Å². The van der Waals surface area contributed by atoms with Crippen LogP contribution in [0.4, 0.5) is 0 Å². The van der Waals surface area contributed by atoms with E-state index in [9.17, 15) is 9.59 Å². The molecule has 1 aliphatic rings. The minimum atomic E-state index is -0.535. The van der Waals surface area contributed by atoms with Crippen molar-refractivity contribution in [3.8, 4) is 0 Å². The van der Waals surface area contributed by atoms with Gasteiger partial charge in [0.15, 0.2) is 6.61 Å². The number of hydrogen-bond donors (Lipinski definition) is 0. The van der Waals surface area contributed by atoms with Gasteiger partial charge in [0.05, 0.1) is 5.02 Å². The number of likely N-dealkylation sites (tertiary alicyclic amines) is 1. The molecule has 1 aromatic heterocycles. The molecule has 1 amide bonds. The van der Waals surface area contributed by atoms with E-state index >= 15 is 0 Å². The topological polar surface area (TPSA) is 46.6 Å². The molecule has 3 rings (SSSR count). The molecule has 1 fully saturated rings. The molecule has 0 bridgehead atoms. The number of esters is 1. The molecule has 128 valence electrons. The summed E-state index contributed by atoms with van der Waals surface area (Å²) in [6.07, 6.45) is 3.11. The number of thiophene rings is 1. The van der Waals surface area contributed by atoms with Crippen molar-refractivity contribution in [1.29, 1.82) is 0 Å². The lowest BCUT2D eigenvalue weighted by molar-refractivity contribution is -0.140. The van der Waals surface area contributed by atoms with E-state index in [1.165, 1.54) is 11.3 Å². The Balaban J connectivity index is 1.68. The monoisotopic (exact) mass is 365 g/mol. The molecule has 0 saturated carbocycles. The number of amides is 1. The number of carbonyl (C=O) groups is 2. The lowest BCUT2D eigenvalue weighted by Crippen LogP contribution is -2.49. The second kappa shape index (κ2) is 7.11. The average Bonchev–Trinajstić information content (AvgIpc) is 2.90. The van der Waals surface area contributed by atoms with Crippen LogP contribution in [0.1, 0.15) is 42.8 Å². The summed E-state index contributed by atoms with van der Waals surface area (Å²) in [6, 6.07) is 7.92. The Labute approximate surface area is 150 Å². The summed E-state index contributed by atoms with van der Waals surface area (Å²) in [4.78, 5) is 26.9. The van der Waals surface area contributed by atoms with Gasteiger partial charge >= 0.3 is 5.97 Å². The van der Waals surface area contributed by atoms with E-state index in [0.29, 0.717) is 9.90 Å². The number of fused-ring (bicyclic) bond motifs is 1. The first-order valence-corrected chi connectivity index (χ1v) is 9.33. The van der Waals surface area contributed by atoms with Crippen molar-refractivity contribution in [3.63, 3.8) is 0 Å².